The highest BCUT2D eigenvalue weighted by Crippen LogP contribution is 2.37. The minimum absolute atomic E-state index is 0.0659. The van der Waals surface area contributed by atoms with Crippen LogP contribution in [0.1, 0.15) is 51.4 Å². The van der Waals surface area contributed by atoms with E-state index < -0.39 is 27.9 Å². The van der Waals surface area contributed by atoms with E-state index in [4.69, 9.17) is 4.74 Å². The first-order valence-corrected chi connectivity index (χ1v) is 13.5. The number of thiophene rings is 1. The summed E-state index contributed by atoms with van der Waals surface area (Å²) >= 11 is 1.31. The Bertz CT molecular complexity index is 1210. The van der Waals surface area contributed by atoms with Gasteiger partial charge in [0.2, 0.25) is 10.0 Å². The summed E-state index contributed by atoms with van der Waals surface area (Å²) in [4.78, 5) is 41.2. The number of nitrogens with one attached hydrogen (secondary N) is 2. The molecule has 3 rings (SSSR count). The van der Waals surface area contributed by atoms with Gasteiger partial charge in [-0.2, -0.15) is 0 Å². The van der Waals surface area contributed by atoms with E-state index in [0.717, 1.165) is 34.3 Å². The number of nitrogens with zero attached hydrogens (tertiary/aromatic N) is 2. The minimum Gasteiger partial charge on any atom is -0.450 e. The Balaban J connectivity index is 1.89. The van der Waals surface area contributed by atoms with Crippen molar-refractivity contribution in [2.75, 3.05) is 39.1 Å². The van der Waals surface area contributed by atoms with Gasteiger partial charge in [-0.15, -0.1) is 11.3 Å². The number of anilines is 1. The fraction of sp³-hybridized carbons (Fsp3) is 0.435. The third-order valence-corrected chi connectivity index (χ3v) is 8.48. The zero-order valence-electron chi connectivity index (χ0n) is 20.2. The number of alkyl carbamates (subject to hydrolysis) is 1. The van der Waals surface area contributed by atoms with Crippen molar-refractivity contribution in [1.82, 2.24) is 14.5 Å². The van der Waals surface area contributed by atoms with E-state index in [1.165, 1.54) is 49.7 Å². The molecule has 0 aliphatic carbocycles. The largest absolute Gasteiger partial charge is 0.450 e. The highest BCUT2D eigenvalue weighted by molar-refractivity contribution is 7.89. The lowest BCUT2D eigenvalue weighted by molar-refractivity contribution is 0.0924. The molecule has 190 valence electrons. The molecule has 0 saturated carbocycles. The predicted molar refractivity (Wildman–Crippen MR) is 133 cm³/mol. The number of hydrogen-bond donors (Lipinski definition) is 2. The maximum absolute atomic E-state index is 13.0. The second-order valence-corrected chi connectivity index (χ2v) is 11.4. The molecule has 1 aliphatic rings. The van der Waals surface area contributed by atoms with Gasteiger partial charge in [-0.25, -0.2) is 17.5 Å². The third kappa shape index (κ3) is 6.07. The number of amides is 3. The molecule has 0 radical (unpaired) electrons. The summed E-state index contributed by atoms with van der Waals surface area (Å²) in [7, 11) is -0.763. The van der Waals surface area contributed by atoms with Gasteiger partial charge in [0.1, 0.15) is 5.00 Å². The molecule has 12 heteroatoms. The first kappa shape index (κ1) is 26.8. The number of carbonyl (C=O) groups excluding carboxylic acids is 3. The Labute approximate surface area is 209 Å². The molecular weight excluding hydrogens is 492 g/mol. The average Bonchev–Trinajstić information content (AvgIpc) is 3.16. The normalized spacial score (nSPS) is 13.9. The molecule has 10 nitrogen and oxygen atoms in total. The second-order valence-electron chi connectivity index (χ2n) is 8.17. The van der Waals surface area contributed by atoms with Crippen LogP contribution in [0.3, 0.4) is 0 Å². The van der Waals surface area contributed by atoms with Crippen molar-refractivity contribution in [2.24, 2.45) is 0 Å². The van der Waals surface area contributed by atoms with E-state index in [1.807, 2.05) is 0 Å². The van der Waals surface area contributed by atoms with Crippen LogP contribution >= 0.6 is 11.3 Å². The van der Waals surface area contributed by atoms with E-state index in [2.05, 4.69) is 22.5 Å². The molecule has 1 aromatic carbocycles. The van der Waals surface area contributed by atoms with Gasteiger partial charge in [-0.3, -0.25) is 19.8 Å². The number of hydrogen-bond acceptors (Lipinski definition) is 8. The van der Waals surface area contributed by atoms with Crippen molar-refractivity contribution in [3.8, 4) is 0 Å². The smallest absolute Gasteiger partial charge is 0.414 e. The Morgan fingerprint density at radius 2 is 1.80 bits per heavy atom. The van der Waals surface area contributed by atoms with Gasteiger partial charge >= 0.3 is 6.09 Å². The van der Waals surface area contributed by atoms with E-state index in [1.54, 1.807) is 6.92 Å². The number of imide groups is 1. The first-order valence-electron chi connectivity index (χ1n) is 11.3. The number of sulfonamides is 1. The highest BCUT2D eigenvalue weighted by Gasteiger charge is 2.30. The van der Waals surface area contributed by atoms with Crippen LogP contribution in [0.25, 0.3) is 0 Å². The summed E-state index contributed by atoms with van der Waals surface area (Å²) < 4.78 is 30.5. The first-order chi connectivity index (χ1) is 16.6. The molecule has 2 aromatic rings. The van der Waals surface area contributed by atoms with Crippen molar-refractivity contribution >= 4 is 44.3 Å². The average molecular weight is 523 g/mol. The molecule has 0 bridgehead atoms. The molecular formula is C23H30N4O6S2. The van der Waals surface area contributed by atoms with Crippen LogP contribution in [0.15, 0.2) is 29.2 Å². The lowest BCUT2D eigenvalue weighted by atomic mass is 10.0. The molecule has 35 heavy (non-hydrogen) atoms. The topological polar surface area (TPSA) is 125 Å². The Morgan fingerprint density at radius 1 is 1.11 bits per heavy atom. The molecule has 0 unspecified atom stereocenters. The number of rotatable bonds is 8. The number of carbonyl (C=O) groups is 3. The van der Waals surface area contributed by atoms with Crippen LogP contribution in [-0.2, 0) is 27.7 Å². The summed E-state index contributed by atoms with van der Waals surface area (Å²) in [6, 6.07) is 5.56. The lowest BCUT2D eigenvalue weighted by Gasteiger charge is -2.26. The van der Waals surface area contributed by atoms with Gasteiger partial charge in [-0.1, -0.05) is 6.92 Å². The van der Waals surface area contributed by atoms with E-state index >= 15 is 0 Å². The predicted octanol–water partition coefficient (Wildman–Crippen LogP) is 2.91. The van der Waals surface area contributed by atoms with Crippen LogP contribution in [-0.4, -0.2) is 69.3 Å². The van der Waals surface area contributed by atoms with Crippen molar-refractivity contribution in [3.63, 3.8) is 0 Å². The second kappa shape index (κ2) is 11.3. The van der Waals surface area contributed by atoms with Gasteiger partial charge < -0.3 is 10.1 Å². The van der Waals surface area contributed by atoms with Gasteiger partial charge in [-0.05, 0) is 56.1 Å². The summed E-state index contributed by atoms with van der Waals surface area (Å²) in [6.45, 7) is 6.21. The fourth-order valence-electron chi connectivity index (χ4n) is 3.78. The Kier molecular flexibility index (Phi) is 8.65. The Morgan fingerprint density at radius 3 is 2.40 bits per heavy atom. The quantitative estimate of drug-likeness (QED) is 0.546. The standard InChI is InChI=1S/C23H30N4O6S2/c1-5-12-27-13-11-17-18(14-27)34-22(19(17)21(29)25-23(30)33-6-2)24-20(28)15-7-9-16(10-8-15)35(31,32)26(3)4/h7-10H,5-6,11-14H2,1-4H3,(H,24,28)(H,25,29,30). The van der Waals surface area contributed by atoms with Crippen LogP contribution in [0.4, 0.5) is 9.80 Å². The monoisotopic (exact) mass is 522 g/mol. The zero-order chi connectivity index (χ0) is 25.8. The lowest BCUT2D eigenvalue weighted by Crippen LogP contribution is -2.34. The molecule has 1 aliphatic heterocycles. The summed E-state index contributed by atoms with van der Waals surface area (Å²) in [5, 5.41) is 5.35. The van der Waals surface area contributed by atoms with Crippen molar-refractivity contribution < 1.29 is 27.5 Å². The molecule has 2 N–H and O–H groups in total. The van der Waals surface area contributed by atoms with Gasteiger partial charge in [0, 0.05) is 37.6 Å². The summed E-state index contributed by atoms with van der Waals surface area (Å²) in [5.41, 5.74) is 1.31. The molecule has 0 fully saturated rings. The van der Waals surface area contributed by atoms with E-state index in [-0.39, 0.29) is 22.6 Å². The van der Waals surface area contributed by atoms with Crippen LogP contribution in [0, 0.1) is 0 Å². The van der Waals surface area contributed by atoms with Crippen LogP contribution in [0.5, 0.6) is 0 Å². The fourth-order valence-corrected chi connectivity index (χ4v) is 5.96. The summed E-state index contributed by atoms with van der Waals surface area (Å²) in [5.74, 6) is -1.12. The SMILES string of the molecule is CCCN1CCc2c(sc(NC(=O)c3ccc(S(=O)(=O)N(C)C)cc3)c2C(=O)NC(=O)OCC)C1. The van der Waals surface area contributed by atoms with Crippen LogP contribution in [0.2, 0.25) is 0 Å². The zero-order valence-corrected chi connectivity index (χ0v) is 21.8. The molecule has 0 atom stereocenters. The molecule has 2 heterocycles. The number of fused-ring (bicyclic) bond motifs is 1. The van der Waals surface area contributed by atoms with Gasteiger partial charge in [0.15, 0.2) is 0 Å². The molecule has 0 spiro atoms. The number of benzene rings is 1. The highest BCUT2D eigenvalue weighted by atomic mass is 32.2. The van der Waals surface area contributed by atoms with E-state index in [9.17, 15) is 22.8 Å². The van der Waals surface area contributed by atoms with Crippen molar-refractivity contribution in [2.45, 2.75) is 38.1 Å². The van der Waals surface area contributed by atoms with Crippen molar-refractivity contribution in [3.05, 3.63) is 45.8 Å². The number of ether oxygens (including phenoxy) is 1. The van der Waals surface area contributed by atoms with Gasteiger partial charge in [0.05, 0.1) is 17.1 Å². The van der Waals surface area contributed by atoms with E-state index in [0.29, 0.717) is 18.0 Å². The summed E-state index contributed by atoms with van der Waals surface area (Å²) in [6.07, 6.45) is 0.764. The minimum atomic E-state index is -3.62. The van der Waals surface area contributed by atoms with Crippen molar-refractivity contribution in [1.29, 1.82) is 0 Å². The maximum Gasteiger partial charge on any atom is 0.414 e. The third-order valence-electron chi connectivity index (χ3n) is 5.52. The molecule has 0 saturated heterocycles. The van der Waals surface area contributed by atoms with Gasteiger partial charge in [0.25, 0.3) is 11.8 Å². The maximum atomic E-state index is 13.0. The Hall–Kier alpha value is -2.80. The van der Waals surface area contributed by atoms with Crippen LogP contribution < -0.4 is 10.6 Å². The molecule has 1 aromatic heterocycles. The molecule has 3 amide bonds.